The van der Waals surface area contributed by atoms with Crippen LogP contribution in [0.2, 0.25) is 0 Å². The highest BCUT2D eigenvalue weighted by atomic mass is 16.1. The van der Waals surface area contributed by atoms with Crippen molar-refractivity contribution in [3.05, 3.63) is 96.1 Å². The Bertz CT molecular complexity index is 1030. The highest BCUT2D eigenvalue weighted by molar-refractivity contribution is 5.93. The fraction of sp³-hybridized carbons (Fsp3) is 0.125. The molecule has 1 heteroatoms. The molecular weight excluding hydrogens is 304 g/mol. The zero-order chi connectivity index (χ0) is 16.9. The first-order valence-electron chi connectivity index (χ1n) is 8.75. The number of fused-ring (bicyclic) bond motifs is 2. The lowest BCUT2D eigenvalue weighted by Crippen LogP contribution is -2.42. The lowest BCUT2D eigenvalue weighted by molar-refractivity contribution is -0.127. The van der Waals surface area contributed by atoms with Crippen LogP contribution < -0.4 is 0 Å². The number of hydrogen-bond acceptors (Lipinski definition) is 1. The van der Waals surface area contributed by atoms with Crippen molar-refractivity contribution in [1.29, 1.82) is 0 Å². The van der Waals surface area contributed by atoms with E-state index in [1.165, 1.54) is 32.7 Å². The quantitative estimate of drug-likeness (QED) is 0.466. The SMILES string of the molecule is O=C1CC(c2ccc3ccccc3c2)(c2ccc3ccccc3c2)C1. The molecule has 1 aliphatic carbocycles. The Balaban J connectivity index is 1.70. The molecule has 0 atom stereocenters. The molecule has 1 nitrogen and oxygen atoms in total. The van der Waals surface area contributed by atoms with Gasteiger partial charge in [0, 0.05) is 18.3 Å². The summed E-state index contributed by atoms with van der Waals surface area (Å²) in [6.45, 7) is 0. The molecule has 0 spiro atoms. The van der Waals surface area contributed by atoms with Crippen molar-refractivity contribution in [2.75, 3.05) is 0 Å². The number of carbonyl (C=O) groups is 1. The lowest BCUT2D eigenvalue weighted by atomic mass is 9.59. The molecule has 25 heavy (non-hydrogen) atoms. The van der Waals surface area contributed by atoms with Gasteiger partial charge in [0.05, 0.1) is 0 Å². The van der Waals surface area contributed by atoms with Gasteiger partial charge in [0.15, 0.2) is 0 Å². The Kier molecular flexibility index (Phi) is 3.05. The lowest BCUT2D eigenvalue weighted by Gasteiger charge is -2.42. The van der Waals surface area contributed by atoms with Gasteiger partial charge in [-0.2, -0.15) is 0 Å². The molecule has 1 saturated carbocycles. The molecule has 5 rings (SSSR count). The monoisotopic (exact) mass is 322 g/mol. The van der Waals surface area contributed by atoms with Gasteiger partial charge in [-0.25, -0.2) is 0 Å². The Morgan fingerprint density at radius 3 is 1.44 bits per heavy atom. The van der Waals surface area contributed by atoms with Crippen molar-refractivity contribution >= 4 is 27.3 Å². The molecule has 1 fully saturated rings. The van der Waals surface area contributed by atoms with E-state index in [-0.39, 0.29) is 5.41 Å². The van der Waals surface area contributed by atoms with Crippen molar-refractivity contribution in [3.63, 3.8) is 0 Å². The van der Waals surface area contributed by atoms with Crippen molar-refractivity contribution in [1.82, 2.24) is 0 Å². The molecule has 0 saturated heterocycles. The van der Waals surface area contributed by atoms with Crippen LogP contribution in [0, 0.1) is 0 Å². The molecule has 4 aromatic carbocycles. The molecule has 0 aromatic heterocycles. The van der Waals surface area contributed by atoms with Crippen molar-refractivity contribution < 1.29 is 4.79 Å². The first-order valence-corrected chi connectivity index (χ1v) is 8.75. The molecule has 0 bridgehead atoms. The number of carbonyl (C=O) groups excluding carboxylic acids is 1. The van der Waals surface area contributed by atoms with Gasteiger partial charge in [-0.3, -0.25) is 4.79 Å². The fourth-order valence-electron chi connectivity index (χ4n) is 4.17. The molecule has 0 aliphatic heterocycles. The number of hydrogen-bond donors (Lipinski definition) is 0. The summed E-state index contributed by atoms with van der Waals surface area (Å²) in [4.78, 5) is 12.0. The second kappa shape index (κ2) is 5.29. The Labute approximate surface area is 146 Å². The average molecular weight is 322 g/mol. The largest absolute Gasteiger partial charge is 0.300 e. The molecule has 0 heterocycles. The van der Waals surface area contributed by atoms with Gasteiger partial charge in [0.1, 0.15) is 5.78 Å². The average Bonchev–Trinajstić information content (AvgIpc) is 2.64. The van der Waals surface area contributed by atoms with Gasteiger partial charge >= 0.3 is 0 Å². The smallest absolute Gasteiger partial charge is 0.135 e. The summed E-state index contributed by atoms with van der Waals surface area (Å²) in [5, 5.41) is 4.95. The van der Waals surface area contributed by atoms with Gasteiger partial charge < -0.3 is 0 Å². The summed E-state index contributed by atoms with van der Waals surface area (Å²) >= 11 is 0. The van der Waals surface area contributed by atoms with E-state index in [2.05, 4.69) is 84.9 Å². The fourth-order valence-corrected chi connectivity index (χ4v) is 4.17. The maximum absolute atomic E-state index is 12.0. The predicted octanol–water partition coefficient (Wildman–Crippen LogP) is 5.64. The van der Waals surface area contributed by atoms with Crippen LogP contribution in [-0.2, 0) is 10.2 Å². The third kappa shape index (κ3) is 2.20. The molecule has 0 N–H and O–H groups in total. The van der Waals surface area contributed by atoms with Crippen LogP contribution in [0.4, 0.5) is 0 Å². The minimum atomic E-state index is -0.175. The maximum Gasteiger partial charge on any atom is 0.135 e. The third-order valence-electron chi connectivity index (χ3n) is 5.60. The zero-order valence-corrected chi connectivity index (χ0v) is 13.9. The Morgan fingerprint density at radius 2 is 1.00 bits per heavy atom. The number of benzene rings is 4. The number of ketones is 1. The van der Waals surface area contributed by atoms with Crippen LogP contribution in [0.15, 0.2) is 84.9 Å². The van der Waals surface area contributed by atoms with Crippen LogP contribution in [0.3, 0.4) is 0 Å². The molecule has 0 amide bonds. The van der Waals surface area contributed by atoms with E-state index in [1.54, 1.807) is 0 Å². The van der Waals surface area contributed by atoms with E-state index in [0.717, 1.165) is 0 Å². The Morgan fingerprint density at radius 1 is 0.560 bits per heavy atom. The summed E-state index contributed by atoms with van der Waals surface area (Å²) < 4.78 is 0. The predicted molar refractivity (Wildman–Crippen MR) is 103 cm³/mol. The summed E-state index contributed by atoms with van der Waals surface area (Å²) in [6.07, 6.45) is 1.20. The first kappa shape index (κ1) is 14.4. The highest BCUT2D eigenvalue weighted by Crippen LogP contribution is 2.48. The van der Waals surface area contributed by atoms with Crippen LogP contribution in [0.25, 0.3) is 21.5 Å². The highest BCUT2D eigenvalue weighted by Gasteiger charge is 2.46. The minimum absolute atomic E-state index is 0.175. The van der Waals surface area contributed by atoms with Crippen LogP contribution in [0.5, 0.6) is 0 Å². The molecule has 0 unspecified atom stereocenters. The van der Waals surface area contributed by atoms with E-state index in [9.17, 15) is 4.79 Å². The van der Waals surface area contributed by atoms with E-state index in [4.69, 9.17) is 0 Å². The first-order chi connectivity index (χ1) is 12.2. The molecule has 120 valence electrons. The summed E-state index contributed by atoms with van der Waals surface area (Å²) in [5.74, 6) is 0.348. The topological polar surface area (TPSA) is 17.1 Å². The van der Waals surface area contributed by atoms with Crippen LogP contribution in [-0.4, -0.2) is 5.78 Å². The van der Waals surface area contributed by atoms with Gasteiger partial charge in [0.25, 0.3) is 0 Å². The van der Waals surface area contributed by atoms with Gasteiger partial charge in [-0.1, -0.05) is 84.9 Å². The second-order valence-corrected chi connectivity index (χ2v) is 7.10. The molecule has 1 aliphatic rings. The maximum atomic E-state index is 12.0. The minimum Gasteiger partial charge on any atom is -0.300 e. The van der Waals surface area contributed by atoms with Crippen molar-refractivity contribution in [3.8, 4) is 0 Å². The van der Waals surface area contributed by atoms with E-state index >= 15 is 0 Å². The van der Waals surface area contributed by atoms with Gasteiger partial charge in [-0.05, 0) is 32.7 Å². The number of Topliss-reactive ketones (excluding diaryl/α,β-unsaturated/α-hetero) is 1. The van der Waals surface area contributed by atoms with Crippen molar-refractivity contribution in [2.24, 2.45) is 0 Å². The van der Waals surface area contributed by atoms with E-state index in [0.29, 0.717) is 18.6 Å². The summed E-state index contributed by atoms with van der Waals surface area (Å²) in [6, 6.07) is 30.1. The van der Waals surface area contributed by atoms with Gasteiger partial charge in [-0.15, -0.1) is 0 Å². The zero-order valence-electron chi connectivity index (χ0n) is 13.9. The second-order valence-electron chi connectivity index (χ2n) is 7.10. The van der Waals surface area contributed by atoms with Crippen molar-refractivity contribution in [2.45, 2.75) is 18.3 Å². The molecule has 4 aromatic rings. The standard InChI is InChI=1S/C24H18O/c25-23-15-24(16-23,21-11-9-17-5-1-3-7-19(17)13-21)22-12-10-18-6-2-4-8-20(18)14-22/h1-14H,15-16H2. The number of rotatable bonds is 2. The summed E-state index contributed by atoms with van der Waals surface area (Å²) in [5.41, 5.74) is 2.33. The summed E-state index contributed by atoms with van der Waals surface area (Å²) in [7, 11) is 0. The van der Waals surface area contributed by atoms with E-state index < -0.39 is 0 Å². The molecule has 0 radical (unpaired) electrons. The van der Waals surface area contributed by atoms with Crippen LogP contribution >= 0.6 is 0 Å². The van der Waals surface area contributed by atoms with E-state index in [1.807, 2.05) is 0 Å². The third-order valence-corrected chi connectivity index (χ3v) is 5.60. The molecular formula is C24H18O. The van der Waals surface area contributed by atoms with Gasteiger partial charge in [0.2, 0.25) is 0 Å². The Hall–Kier alpha value is -2.93. The normalized spacial score (nSPS) is 16.1. The van der Waals surface area contributed by atoms with Crippen LogP contribution in [0.1, 0.15) is 24.0 Å².